The molecule has 0 radical (unpaired) electrons. The van der Waals surface area contributed by atoms with Crippen LogP contribution in [0.3, 0.4) is 0 Å². The summed E-state index contributed by atoms with van der Waals surface area (Å²) in [5.41, 5.74) is 0.652. The molecule has 2 aromatic rings. The van der Waals surface area contributed by atoms with Crippen molar-refractivity contribution in [3.63, 3.8) is 0 Å². The van der Waals surface area contributed by atoms with Crippen molar-refractivity contribution < 1.29 is 14.3 Å². The second-order valence-corrected chi connectivity index (χ2v) is 9.34. The Hall–Kier alpha value is -2.31. The highest BCUT2D eigenvalue weighted by molar-refractivity contribution is 8.26. The van der Waals surface area contributed by atoms with Gasteiger partial charge in [-0.1, -0.05) is 30.0 Å². The minimum Gasteiger partial charge on any atom is -0.383 e. The summed E-state index contributed by atoms with van der Waals surface area (Å²) in [7, 11) is 1.58. The zero-order valence-electron chi connectivity index (χ0n) is 18.5. The predicted molar refractivity (Wildman–Crippen MR) is 134 cm³/mol. The number of nitrogens with one attached hydrogen (secondary N) is 1. The Morgan fingerprint density at radius 3 is 2.88 bits per heavy atom. The van der Waals surface area contributed by atoms with E-state index in [1.165, 1.54) is 21.1 Å². The van der Waals surface area contributed by atoms with Crippen LogP contribution in [0.15, 0.2) is 34.1 Å². The first-order valence-electron chi connectivity index (χ1n) is 10.9. The van der Waals surface area contributed by atoms with E-state index in [1.807, 2.05) is 6.07 Å². The van der Waals surface area contributed by atoms with Gasteiger partial charge in [0.05, 0.1) is 36.8 Å². The van der Waals surface area contributed by atoms with Crippen LogP contribution in [0.25, 0.3) is 11.7 Å². The van der Waals surface area contributed by atoms with E-state index in [0.717, 1.165) is 39.3 Å². The molecule has 4 heterocycles. The number of nitrogens with zero attached hydrogens (tertiary/aromatic N) is 4. The number of hydrogen-bond donors (Lipinski definition) is 1. The van der Waals surface area contributed by atoms with Crippen LogP contribution in [0.2, 0.25) is 0 Å². The maximum absolute atomic E-state index is 13.3. The van der Waals surface area contributed by atoms with Gasteiger partial charge in [0.2, 0.25) is 0 Å². The third kappa shape index (κ3) is 5.61. The van der Waals surface area contributed by atoms with Crippen LogP contribution >= 0.6 is 24.0 Å². The summed E-state index contributed by atoms with van der Waals surface area (Å²) < 4.78 is 12.4. The first-order valence-corrected chi connectivity index (χ1v) is 12.1. The molecular weight excluding hydrogens is 462 g/mol. The third-order valence-corrected chi connectivity index (χ3v) is 6.86. The van der Waals surface area contributed by atoms with Crippen LogP contribution in [0, 0.1) is 0 Å². The molecule has 0 atom stereocenters. The Bertz CT molecular complexity index is 1110. The van der Waals surface area contributed by atoms with Gasteiger partial charge in [-0.2, -0.15) is 0 Å². The number of ether oxygens (including phenoxy) is 2. The number of rotatable bonds is 9. The highest BCUT2D eigenvalue weighted by Gasteiger charge is 2.32. The largest absolute Gasteiger partial charge is 0.383 e. The van der Waals surface area contributed by atoms with Crippen molar-refractivity contribution in [2.45, 2.75) is 6.42 Å². The van der Waals surface area contributed by atoms with Gasteiger partial charge in [-0.3, -0.25) is 23.8 Å². The average molecular weight is 490 g/mol. The van der Waals surface area contributed by atoms with Gasteiger partial charge in [0, 0.05) is 32.9 Å². The van der Waals surface area contributed by atoms with E-state index in [0.29, 0.717) is 46.0 Å². The van der Waals surface area contributed by atoms with Gasteiger partial charge in [-0.05, 0) is 31.2 Å². The van der Waals surface area contributed by atoms with Crippen molar-refractivity contribution in [2.75, 3.05) is 65.0 Å². The number of amides is 1. The molecule has 4 rings (SSSR count). The van der Waals surface area contributed by atoms with Gasteiger partial charge in [0.25, 0.3) is 11.5 Å². The zero-order valence-corrected chi connectivity index (χ0v) is 20.1. The molecule has 2 aliphatic heterocycles. The molecule has 1 amide bonds. The summed E-state index contributed by atoms with van der Waals surface area (Å²) in [6.07, 6.45) is 4.17. The minimum absolute atomic E-state index is 0.224. The fourth-order valence-corrected chi connectivity index (χ4v) is 5.00. The number of carbonyl (C=O) groups excluding carboxylic acids is 1. The van der Waals surface area contributed by atoms with Gasteiger partial charge >= 0.3 is 0 Å². The third-order valence-electron chi connectivity index (χ3n) is 5.48. The van der Waals surface area contributed by atoms with Crippen molar-refractivity contribution >= 4 is 51.7 Å². The predicted octanol–water partition coefficient (Wildman–Crippen LogP) is 1.68. The lowest BCUT2D eigenvalue weighted by molar-refractivity contribution is -0.122. The van der Waals surface area contributed by atoms with Crippen LogP contribution in [0.5, 0.6) is 0 Å². The fourth-order valence-electron chi connectivity index (χ4n) is 3.71. The number of thiocarbonyl (C=S) groups is 1. The van der Waals surface area contributed by atoms with Crippen LogP contribution < -0.4 is 10.9 Å². The lowest BCUT2D eigenvalue weighted by atomic mass is 10.2. The molecule has 33 heavy (non-hydrogen) atoms. The molecule has 0 bridgehead atoms. The van der Waals surface area contributed by atoms with Gasteiger partial charge in [0.1, 0.15) is 15.8 Å². The number of carbonyl (C=O) groups is 1. The molecule has 2 saturated heterocycles. The molecule has 11 heteroatoms. The van der Waals surface area contributed by atoms with Crippen LogP contribution in [-0.4, -0.2) is 89.1 Å². The summed E-state index contributed by atoms with van der Waals surface area (Å²) >= 11 is 6.55. The minimum atomic E-state index is -0.238. The van der Waals surface area contributed by atoms with Crippen LogP contribution in [-0.2, 0) is 14.3 Å². The molecule has 2 aliphatic rings. The molecule has 0 aliphatic carbocycles. The molecule has 0 spiro atoms. The summed E-state index contributed by atoms with van der Waals surface area (Å²) in [6.45, 7) is 5.76. The number of methoxy groups -OCH3 is 1. The smallest absolute Gasteiger partial charge is 0.267 e. The number of hydrogen-bond acceptors (Lipinski definition) is 9. The average Bonchev–Trinajstić information content (AvgIpc) is 3.10. The molecule has 0 saturated carbocycles. The van der Waals surface area contributed by atoms with Gasteiger partial charge < -0.3 is 14.8 Å². The summed E-state index contributed by atoms with van der Waals surface area (Å²) in [4.78, 5) is 35.1. The van der Waals surface area contributed by atoms with E-state index in [1.54, 1.807) is 31.5 Å². The maximum Gasteiger partial charge on any atom is 0.267 e. The first kappa shape index (κ1) is 23.8. The van der Waals surface area contributed by atoms with E-state index in [4.69, 9.17) is 21.7 Å². The van der Waals surface area contributed by atoms with Crippen molar-refractivity contribution in [2.24, 2.45) is 0 Å². The Morgan fingerprint density at radius 2 is 2.09 bits per heavy atom. The molecule has 0 unspecified atom stereocenters. The second kappa shape index (κ2) is 11.2. The number of anilines is 1. The Morgan fingerprint density at radius 1 is 1.27 bits per heavy atom. The molecule has 176 valence electrons. The molecular formula is C22H27N5O4S2. The second-order valence-electron chi connectivity index (χ2n) is 7.67. The van der Waals surface area contributed by atoms with Crippen LogP contribution in [0.4, 0.5) is 5.82 Å². The van der Waals surface area contributed by atoms with E-state index in [9.17, 15) is 9.59 Å². The fraction of sp³-hybridized carbons (Fsp3) is 0.455. The maximum atomic E-state index is 13.3. The Labute approximate surface area is 201 Å². The highest BCUT2D eigenvalue weighted by Crippen LogP contribution is 2.32. The number of fused-ring (bicyclic) bond motifs is 1. The lowest BCUT2D eigenvalue weighted by Crippen LogP contribution is -2.37. The standard InChI is InChI=1S/C22H27N5O4S2/c1-30-12-11-27-21(29)17(33-22(27)32)15-16-19(23-6-4-7-25-9-13-31-14-10-25)24-18-5-2-3-8-26(18)20(16)28/h2-3,5,8,15,23H,4,6-7,9-14H2,1H3/b17-15-. The summed E-state index contributed by atoms with van der Waals surface area (Å²) in [5, 5.41) is 3.32. The number of thioether (sulfide) groups is 1. The van der Waals surface area contributed by atoms with Crippen molar-refractivity contribution in [1.82, 2.24) is 19.2 Å². The van der Waals surface area contributed by atoms with Crippen molar-refractivity contribution in [3.8, 4) is 0 Å². The quantitative estimate of drug-likeness (QED) is 0.321. The normalized spacial score (nSPS) is 18.6. The number of aromatic nitrogens is 2. The number of morpholine rings is 1. The van der Waals surface area contributed by atoms with Gasteiger partial charge in [-0.15, -0.1) is 0 Å². The Kier molecular flexibility index (Phi) is 8.10. The van der Waals surface area contributed by atoms with Crippen molar-refractivity contribution in [3.05, 3.63) is 45.2 Å². The van der Waals surface area contributed by atoms with Gasteiger partial charge in [-0.25, -0.2) is 4.98 Å². The highest BCUT2D eigenvalue weighted by atomic mass is 32.2. The van der Waals surface area contributed by atoms with E-state index < -0.39 is 0 Å². The number of pyridine rings is 1. The first-order chi connectivity index (χ1) is 16.1. The van der Waals surface area contributed by atoms with E-state index >= 15 is 0 Å². The Balaban J connectivity index is 1.57. The van der Waals surface area contributed by atoms with Crippen LogP contribution in [0.1, 0.15) is 12.0 Å². The van der Waals surface area contributed by atoms with E-state index in [2.05, 4.69) is 15.2 Å². The van der Waals surface area contributed by atoms with Crippen molar-refractivity contribution in [1.29, 1.82) is 0 Å². The molecule has 9 nitrogen and oxygen atoms in total. The molecule has 2 fully saturated rings. The molecule has 1 N–H and O–H groups in total. The SMILES string of the molecule is COCCN1C(=O)/C(=C/c2c(NCCCN3CCOCC3)nc3ccccn3c2=O)SC1=S. The van der Waals surface area contributed by atoms with E-state index in [-0.39, 0.29) is 11.5 Å². The lowest BCUT2D eigenvalue weighted by Gasteiger charge is -2.26. The zero-order chi connectivity index (χ0) is 23.2. The molecule has 2 aromatic heterocycles. The topological polar surface area (TPSA) is 88.4 Å². The summed E-state index contributed by atoms with van der Waals surface area (Å²) in [5.74, 6) is 0.244. The monoisotopic (exact) mass is 489 g/mol. The molecule has 0 aromatic carbocycles. The summed E-state index contributed by atoms with van der Waals surface area (Å²) in [6, 6.07) is 5.40. The van der Waals surface area contributed by atoms with Gasteiger partial charge in [0.15, 0.2) is 0 Å².